The van der Waals surface area contributed by atoms with Crippen LogP contribution in [-0.4, -0.2) is 49.1 Å². The molecule has 1 N–H and O–H groups in total. The number of piperazine rings is 1. The van der Waals surface area contributed by atoms with E-state index in [0.717, 1.165) is 19.6 Å². The van der Waals surface area contributed by atoms with E-state index >= 15 is 0 Å². The lowest BCUT2D eigenvalue weighted by atomic mass is 10.0. The first kappa shape index (κ1) is 12.9. The fourth-order valence-corrected chi connectivity index (χ4v) is 2.38. The quantitative estimate of drug-likeness (QED) is 0.863. The molecule has 1 saturated heterocycles. The second kappa shape index (κ2) is 5.87. The first-order valence-electron chi connectivity index (χ1n) is 6.50. The molecule has 18 heavy (non-hydrogen) atoms. The Morgan fingerprint density at radius 2 is 2.06 bits per heavy atom. The summed E-state index contributed by atoms with van der Waals surface area (Å²) in [5.74, 6) is 0. The SMILES string of the molecule is CCNC(=O)N1CCN(C)CC1c1ccccc1. The number of rotatable bonds is 2. The van der Waals surface area contributed by atoms with Gasteiger partial charge in [0.1, 0.15) is 0 Å². The molecular weight excluding hydrogens is 226 g/mol. The fraction of sp³-hybridized carbons (Fsp3) is 0.500. The van der Waals surface area contributed by atoms with Gasteiger partial charge in [0, 0.05) is 26.2 Å². The van der Waals surface area contributed by atoms with Crippen LogP contribution in [0.3, 0.4) is 0 Å². The Labute approximate surface area is 109 Å². The predicted octanol–water partition coefficient (Wildman–Crippen LogP) is 1.70. The van der Waals surface area contributed by atoms with Gasteiger partial charge < -0.3 is 15.1 Å². The number of hydrogen-bond donors (Lipinski definition) is 1. The van der Waals surface area contributed by atoms with Gasteiger partial charge in [0.25, 0.3) is 0 Å². The average Bonchev–Trinajstić information content (AvgIpc) is 2.40. The van der Waals surface area contributed by atoms with Crippen molar-refractivity contribution in [2.45, 2.75) is 13.0 Å². The van der Waals surface area contributed by atoms with Crippen molar-refractivity contribution < 1.29 is 4.79 Å². The molecule has 1 unspecified atom stereocenters. The first-order valence-corrected chi connectivity index (χ1v) is 6.50. The molecule has 98 valence electrons. The highest BCUT2D eigenvalue weighted by Gasteiger charge is 2.29. The first-order chi connectivity index (χ1) is 8.72. The smallest absolute Gasteiger partial charge is 0.317 e. The van der Waals surface area contributed by atoms with Crippen molar-refractivity contribution >= 4 is 6.03 Å². The third-order valence-electron chi connectivity index (χ3n) is 3.36. The number of hydrogen-bond acceptors (Lipinski definition) is 2. The summed E-state index contributed by atoms with van der Waals surface area (Å²) < 4.78 is 0. The summed E-state index contributed by atoms with van der Waals surface area (Å²) >= 11 is 0. The number of urea groups is 1. The van der Waals surface area contributed by atoms with Crippen molar-refractivity contribution in [2.75, 3.05) is 33.2 Å². The fourth-order valence-electron chi connectivity index (χ4n) is 2.38. The summed E-state index contributed by atoms with van der Waals surface area (Å²) in [6.45, 7) is 5.22. The molecule has 1 aliphatic heterocycles. The molecule has 1 heterocycles. The van der Waals surface area contributed by atoms with Crippen LogP contribution in [0.4, 0.5) is 4.79 Å². The molecule has 4 heteroatoms. The second-order valence-electron chi connectivity index (χ2n) is 4.72. The van der Waals surface area contributed by atoms with Gasteiger partial charge in [-0.2, -0.15) is 0 Å². The topological polar surface area (TPSA) is 35.6 Å². The maximum Gasteiger partial charge on any atom is 0.317 e. The highest BCUT2D eigenvalue weighted by Crippen LogP contribution is 2.24. The van der Waals surface area contributed by atoms with Gasteiger partial charge in [-0.15, -0.1) is 0 Å². The van der Waals surface area contributed by atoms with Crippen molar-refractivity contribution in [1.29, 1.82) is 0 Å². The molecule has 1 aromatic carbocycles. The zero-order valence-corrected chi connectivity index (χ0v) is 11.1. The highest BCUT2D eigenvalue weighted by atomic mass is 16.2. The maximum absolute atomic E-state index is 12.1. The van der Waals surface area contributed by atoms with Crippen LogP contribution in [0.5, 0.6) is 0 Å². The molecule has 0 spiro atoms. The Bertz CT molecular complexity index is 393. The van der Waals surface area contributed by atoms with Crippen molar-refractivity contribution in [3.63, 3.8) is 0 Å². The molecule has 2 rings (SSSR count). The summed E-state index contributed by atoms with van der Waals surface area (Å²) in [5.41, 5.74) is 1.20. The molecule has 0 aliphatic carbocycles. The summed E-state index contributed by atoms with van der Waals surface area (Å²) in [7, 11) is 2.10. The Hall–Kier alpha value is -1.55. The van der Waals surface area contributed by atoms with E-state index in [0.29, 0.717) is 6.54 Å². The van der Waals surface area contributed by atoms with Crippen LogP contribution < -0.4 is 5.32 Å². The number of nitrogens with zero attached hydrogens (tertiary/aromatic N) is 2. The van der Waals surface area contributed by atoms with Gasteiger partial charge in [0.2, 0.25) is 0 Å². The third-order valence-corrected chi connectivity index (χ3v) is 3.36. The minimum Gasteiger partial charge on any atom is -0.338 e. The molecule has 2 amide bonds. The van der Waals surface area contributed by atoms with Crippen LogP contribution in [0.2, 0.25) is 0 Å². The van der Waals surface area contributed by atoms with Crippen molar-refractivity contribution in [3.8, 4) is 0 Å². The molecule has 0 bridgehead atoms. The number of carbonyl (C=O) groups is 1. The van der Waals surface area contributed by atoms with Crippen LogP contribution in [0.1, 0.15) is 18.5 Å². The van der Waals surface area contributed by atoms with Crippen LogP contribution >= 0.6 is 0 Å². The number of benzene rings is 1. The average molecular weight is 247 g/mol. The summed E-state index contributed by atoms with van der Waals surface area (Å²) in [6.07, 6.45) is 0. The molecule has 1 aromatic rings. The van der Waals surface area contributed by atoms with Crippen LogP contribution in [0.15, 0.2) is 30.3 Å². The van der Waals surface area contributed by atoms with Crippen LogP contribution in [-0.2, 0) is 0 Å². The van der Waals surface area contributed by atoms with E-state index in [4.69, 9.17) is 0 Å². The second-order valence-corrected chi connectivity index (χ2v) is 4.72. The van der Waals surface area contributed by atoms with E-state index in [9.17, 15) is 4.79 Å². The van der Waals surface area contributed by atoms with Crippen molar-refractivity contribution in [3.05, 3.63) is 35.9 Å². The summed E-state index contributed by atoms with van der Waals surface area (Å²) in [5, 5.41) is 2.90. The van der Waals surface area contributed by atoms with E-state index in [2.05, 4.69) is 29.4 Å². The number of nitrogens with one attached hydrogen (secondary N) is 1. The molecular formula is C14H21N3O. The molecule has 0 saturated carbocycles. The summed E-state index contributed by atoms with van der Waals surface area (Å²) in [4.78, 5) is 16.3. The molecule has 0 radical (unpaired) electrons. The lowest BCUT2D eigenvalue weighted by Gasteiger charge is -2.40. The van der Waals surface area contributed by atoms with E-state index in [-0.39, 0.29) is 12.1 Å². The van der Waals surface area contributed by atoms with Gasteiger partial charge in [0.15, 0.2) is 0 Å². The standard InChI is InChI=1S/C14H21N3O/c1-3-15-14(18)17-10-9-16(2)11-13(17)12-7-5-4-6-8-12/h4-8,13H,3,9-11H2,1-2H3,(H,15,18). The molecule has 1 atom stereocenters. The Morgan fingerprint density at radius 3 is 2.72 bits per heavy atom. The van der Waals surface area contributed by atoms with Crippen LogP contribution in [0, 0.1) is 0 Å². The molecule has 1 aliphatic rings. The highest BCUT2D eigenvalue weighted by molar-refractivity contribution is 5.74. The monoisotopic (exact) mass is 247 g/mol. The third kappa shape index (κ3) is 2.82. The predicted molar refractivity (Wildman–Crippen MR) is 72.5 cm³/mol. The van der Waals surface area contributed by atoms with E-state index in [1.165, 1.54) is 5.56 Å². The lowest BCUT2D eigenvalue weighted by Crippen LogP contribution is -2.52. The molecule has 0 aromatic heterocycles. The van der Waals surface area contributed by atoms with E-state index < -0.39 is 0 Å². The zero-order chi connectivity index (χ0) is 13.0. The zero-order valence-electron chi connectivity index (χ0n) is 11.1. The Kier molecular flexibility index (Phi) is 4.20. The molecule has 1 fully saturated rings. The van der Waals surface area contributed by atoms with Gasteiger partial charge in [-0.3, -0.25) is 0 Å². The van der Waals surface area contributed by atoms with E-state index in [1.54, 1.807) is 0 Å². The van der Waals surface area contributed by atoms with Gasteiger partial charge in [-0.1, -0.05) is 30.3 Å². The van der Waals surface area contributed by atoms with Crippen LogP contribution in [0.25, 0.3) is 0 Å². The van der Waals surface area contributed by atoms with Gasteiger partial charge in [0.05, 0.1) is 6.04 Å². The number of amides is 2. The number of likely N-dealkylation sites (N-methyl/N-ethyl adjacent to an activating group) is 1. The Balaban J connectivity index is 2.19. The minimum atomic E-state index is 0.0412. The van der Waals surface area contributed by atoms with E-state index in [1.807, 2.05) is 30.0 Å². The minimum absolute atomic E-state index is 0.0412. The maximum atomic E-state index is 12.1. The normalized spacial score (nSPS) is 20.8. The molecule has 4 nitrogen and oxygen atoms in total. The number of carbonyl (C=O) groups excluding carboxylic acids is 1. The Morgan fingerprint density at radius 1 is 1.33 bits per heavy atom. The lowest BCUT2D eigenvalue weighted by molar-refractivity contribution is 0.109. The summed E-state index contributed by atoms with van der Waals surface area (Å²) in [6, 6.07) is 10.4. The van der Waals surface area contributed by atoms with Crippen molar-refractivity contribution in [1.82, 2.24) is 15.1 Å². The van der Waals surface area contributed by atoms with Gasteiger partial charge in [-0.25, -0.2) is 4.79 Å². The van der Waals surface area contributed by atoms with Gasteiger partial charge >= 0.3 is 6.03 Å². The largest absolute Gasteiger partial charge is 0.338 e. The van der Waals surface area contributed by atoms with Gasteiger partial charge in [-0.05, 0) is 19.5 Å². The van der Waals surface area contributed by atoms with Crippen molar-refractivity contribution in [2.24, 2.45) is 0 Å².